The van der Waals surface area contributed by atoms with Gasteiger partial charge in [-0.2, -0.15) is 4.99 Å². The van der Waals surface area contributed by atoms with Crippen LogP contribution in [-0.4, -0.2) is 58.1 Å². The molecule has 0 bridgehead atoms. The molecule has 2 aliphatic heterocycles. The normalized spacial score (nSPS) is 11.8. The summed E-state index contributed by atoms with van der Waals surface area (Å²) >= 11 is 0. The Labute approximate surface area is 367 Å². The maximum atomic E-state index is 12.1. The molecule has 0 aliphatic carbocycles. The Morgan fingerprint density at radius 3 is 1.58 bits per heavy atom. The van der Waals surface area contributed by atoms with Crippen LogP contribution in [0.25, 0.3) is 0 Å². The zero-order chi connectivity index (χ0) is 41.2. The Morgan fingerprint density at radius 2 is 1.13 bits per heavy atom. The summed E-state index contributed by atoms with van der Waals surface area (Å²) in [7, 11) is 0. The summed E-state index contributed by atoms with van der Waals surface area (Å²) in [5, 5.41) is 6.14. The van der Waals surface area contributed by atoms with E-state index in [1.54, 1.807) is 67.5 Å². The van der Waals surface area contributed by atoms with Gasteiger partial charge in [-0.15, -0.1) is 0 Å². The fourth-order valence-electron chi connectivity index (χ4n) is 5.66. The van der Waals surface area contributed by atoms with E-state index in [4.69, 9.17) is 19.9 Å². The highest BCUT2D eigenvalue weighted by atomic mass is 16.5. The molecule has 2 aliphatic rings. The first-order chi connectivity index (χ1) is 29.0. The van der Waals surface area contributed by atoms with Gasteiger partial charge in [-0.25, -0.2) is 9.59 Å². The number of carbonyl (C=O) groups is 1. The summed E-state index contributed by atoms with van der Waals surface area (Å²) in [6.45, 7) is 5.57. The van der Waals surface area contributed by atoms with Gasteiger partial charge in [0.2, 0.25) is 6.08 Å². The molecule has 2 saturated heterocycles. The third kappa shape index (κ3) is 19.8. The van der Waals surface area contributed by atoms with Gasteiger partial charge < -0.3 is 35.5 Å². The molecular formula is C49H62N8O5. The minimum Gasteiger partial charge on any atom is -0.489 e. The number of nitrogen functional groups attached to an aromatic ring is 1. The standard InChI is InChI=1S/C17H19N3O2.C13H10N2O2.C12H12N2O.C4H9N.3CH4/c21-17(20-9-1-2-10-20)19-15-6-3-7-16(11-15)22-13-14-5-4-8-18-12-14;16-10-15-12-4-1-5-13(7-12)17-9-11-3-2-6-14-8-11;13-11-4-1-5-12(7-11)15-9-10-3-2-6-14-8-10;1-2-4-5-3-1;;;/h3-8,11-12H,1-2,9-10,13H2,(H,19,21);1-8H,9H2;1-8H,9,13H2;5H,1-4H2;3*1H4. The third-order valence-corrected chi connectivity index (χ3v) is 8.67. The second-order valence-electron chi connectivity index (χ2n) is 13.3. The lowest BCUT2D eigenvalue weighted by Gasteiger charge is -2.16. The first-order valence-electron chi connectivity index (χ1n) is 19.5. The van der Waals surface area contributed by atoms with Crippen molar-refractivity contribution < 1.29 is 23.8 Å². The summed E-state index contributed by atoms with van der Waals surface area (Å²) in [4.78, 5) is 39.6. The monoisotopic (exact) mass is 842 g/mol. The molecule has 0 unspecified atom stereocenters. The number of hydrogen-bond acceptors (Lipinski definition) is 11. The first kappa shape index (κ1) is 51.1. The summed E-state index contributed by atoms with van der Waals surface area (Å²) < 4.78 is 16.8. The number of pyridine rings is 3. The number of isocyanates is 1. The molecule has 5 heterocycles. The number of aliphatic imine (C=N–C) groups is 1. The zero-order valence-electron chi connectivity index (χ0n) is 33.0. The molecule has 3 aromatic heterocycles. The molecule has 13 nitrogen and oxygen atoms in total. The van der Waals surface area contributed by atoms with Crippen LogP contribution in [0.4, 0.5) is 21.9 Å². The van der Waals surface area contributed by atoms with Crippen LogP contribution in [0.15, 0.2) is 151 Å². The van der Waals surface area contributed by atoms with Gasteiger partial charge in [-0.1, -0.05) is 58.7 Å². The van der Waals surface area contributed by atoms with Crippen LogP contribution in [0.5, 0.6) is 17.2 Å². The van der Waals surface area contributed by atoms with E-state index in [1.807, 2.05) is 83.8 Å². The number of hydrogen-bond donors (Lipinski definition) is 3. The van der Waals surface area contributed by atoms with Crippen molar-refractivity contribution in [2.45, 2.75) is 67.8 Å². The number of anilines is 2. The van der Waals surface area contributed by atoms with E-state index in [9.17, 15) is 9.59 Å². The van der Waals surface area contributed by atoms with Crippen LogP contribution in [0.2, 0.25) is 0 Å². The number of aromatic nitrogens is 3. The number of amides is 2. The number of likely N-dealkylation sites (tertiary alicyclic amines) is 1. The van der Waals surface area contributed by atoms with Gasteiger partial charge in [0, 0.05) is 96.5 Å². The summed E-state index contributed by atoms with van der Waals surface area (Å²) in [5.74, 6) is 2.16. The topological polar surface area (TPSA) is 166 Å². The van der Waals surface area contributed by atoms with Gasteiger partial charge >= 0.3 is 6.03 Å². The average molecular weight is 843 g/mol. The van der Waals surface area contributed by atoms with Crippen LogP contribution >= 0.6 is 0 Å². The predicted octanol–water partition coefficient (Wildman–Crippen LogP) is 10.4. The highest BCUT2D eigenvalue weighted by Gasteiger charge is 2.17. The number of benzene rings is 3. The zero-order valence-corrected chi connectivity index (χ0v) is 33.0. The van der Waals surface area contributed by atoms with Crippen molar-refractivity contribution in [2.24, 2.45) is 4.99 Å². The van der Waals surface area contributed by atoms with Crippen LogP contribution in [0.1, 0.15) is 64.7 Å². The summed E-state index contributed by atoms with van der Waals surface area (Å²) in [6.07, 6.45) is 16.9. The average Bonchev–Trinajstić information content (AvgIpc) is 4.06. The molecule has 0 radical (unpaired) electrons. The van der Waals surface area contributed by atoms with Crippen molar-refractivity contribution in [3.8, 4) is 17.2 Å². The van der Waals surface area contributed by atoms with E-state index in [1.165, 1.54) is 32.0 Å². The van der Waals surface area contributed by atoms with E-state index in [0.29, 0.717) is 36.9 Å². The van der Waals surface area contributed by atoms with Crippen LogP contribution in [0.3, 0.4) is 0 Å². The molecule has 3 aromatic carbocycles. The van der Waals surface area contributed by atoms with Gasteiger partial charge in [-0.3, -0.25) is 15.0 Å². The second-order valence-corrected chi connectivity index (χ2v) is 13.3. The minimum atomic E-state index is -0.0399. The van der Waals surface area contributed by atoms with Crippen LogP contribution in [-0.2, 0) is 24.6 Å². The van der Waals surface area contributed by atoms with Crippen molar-refractivity contribution in [1.82, 2.24) is 25.2 Å². The van der Waals surface area contributed by atoms with Gasteiger partial charge in [0.15, 0.2) is 0 Å². The van der Waals surface area contributed by atoms with Crippen molar-refractivity contribution in [2.75, 3.05) is 37.2 Å². The van der Waals surface area contributed by atoms with E-state index in [0.717, 1.165) is 59.8 Å². The Kier molecular flexibility index (Phi) is 24.7. The Morgan fingerprint density at radius 1 is 0.645 bits per heavy atom. The molecule has 0 saturated carbocycles. The van der Waals surface area contributed by atoms with Crippen molar-refractivity contribution in [1.29, 1.82) is 0 Å². The predicted molar refractivity (Wildman–Crippen MR) is 249 cm³/mol. The van der Waals surface area contributed by atoms with Gasteiger partial charge in [0.1, 0.15) is 37.1 Å². The number of nitrogens with one attached hydrogen (secondary N) is 2. The highest BCUT2D eigenvalue weighted by molar-refractivity contribution is 5.89. The number of nitrogens with zero attached hydrogens (tertiary/aromatic N) is 5. The highest BCUT2D eigenvalue weighted by Crippen LogP contribution is 2.21. The SMILES string of the molecule is C.C.C.C1CCNC1.Nc1cccc(OCc2cccnc2)c1.O=C(Nc1cccc(OCc2cccnc2)c1)N1CCCC1.O=C=Nc1cccc(OCc2cccnc2)c1. The number of urea groups is 1. The third-order valence-electron chi connectivity index (χ3n) is 8.67. The Balaban J connectivity index is 0.000000300. The fraction of sp³-hybridized carbons (Fsp3) is 0.286. The molecule has 13 heteroatoms. The molecular weight excluding hydrogens is 781 g/mol. The molecule has 8 rings (SSSR count). The van der Waals surface area contributed by atoms with Crippen molar-refractivity contribution >= 4 is 29.2 Å². The van der Waals surface area contributed by atoms with Crippen molar-refractivity contribution in [3.63, 3.8) is 0 Å². The van der Waals surface area contributed by atoms with Crippen molar-refractivity contribution in [3.05, 3.63) is 163 Å². The maximum Gasteiger partial charge on any atom is 0.321 e. The van der Waals surface area contributed by atoms with Crippen LogP contribution < -0.4 is 30.6 Å². The van der Waals surface area contributed by atoms with Gasteiger partial charge in [0.05, 0.1) is 5.69 Å². The first-order valence-corrected chi connectivity index (χ1v) is 19.5. The lowest BCUT2D eigenvalue weighted by Crippen LogP contribution is -2.32. The number of nitrogens with two attached hydrogens (primary N) is 1. The fourth-order valence-corrected chi connectivity index (χ4v) is 5.66. The Bertz CT molecular complexity index is 2140. The summed E-state index contributed by atoms with van der Waals surface area (Å²) in [5.41, 5.74) is 10.7. The molecule has 328 valence electrons. The number of rotatable bonds is 11. The van der Waals surface area contributed by atoms with Crippen LogP contribution in [0, 0.1) is 0 Å². The summed E-state index contributed by atoms with van der Waals surface area (Å²) in [6, 6.07) is 33.3. The number of carbonyl (C=O) groups excluding carboxylic acids is 2. The minimum absolute atomic E-state index is 0. The molecule has 0 atom stereocenters. The van der Waals surface area contributed by atoms with E-state index in [2.05, 4.69) is 30.6 Å². The van der Waals surface area contributed by atoms with E-state index < -0.39 is 0 Å². The molecule has 2 fully saturated rings. The second kappa shape index (κ2) is 30.0. The van der Waals surface area contributed by atoms with Gasteiger partial charge in [0.25, 0.3) is 0 Å². The van der Waals surface area contributed by atoms with Gasteiger partial charge in [-0.05, 0) is 93.4 Å². The molecule has 2 amide bonds. The molecule has 0 spiro atoms. The van der Waals surface area contributed by atoms with E-state index in [-0.39, 0.29) is 28.3 Å². The Hall–Kier alpha value is -7.08. The molecule has 62 heavy (non-hydrogen) atoms. The lowest BCUT2D eigenvalue weighted by atomic mass is 10.3. The van der Waals surface area contributed by atoms with E-state index >= 15 is 0 Å². The quantitative estimate of drug-likeness (QED) is 0.0649. The maximum absolute atomic E-state index is 12.1. The lowest BCUT2D eigenvalue weighted by molar-refractivity contribution is 0.222. The number of ether oxygens (including phenoxy) is 3. The molecule has 6 aromatic rings. The smallest absolute Gasteiger partial charge is 0.321 e. The largest absolute Gasteiger partial charge is 0.489 e. The molecule has 4 N–H and O–H groups in total.